The molecule has 0 unspecified atom stereocenters. The summed E-state index contributed by atoms with van der Waals surface area (Å²) in [5, 5.41) is 13.5. The van der Waals surface area contributed by atoms with Crippen LogP contribution in [-0.4, -0.2) is 10.8 Å². The highest BCUT2D eigenvalue weighted by atomic mass is 35.5. The zero-order valence-electron chi connectivity index (χ0n) is 10.8. The van der Waals surface area contributed by atoms with Crippen molar-refractivity contribution in [3.63, 3.8) is 0 Å². The molecular weight excluding hydrogens is 284 g/mol. The summed E-state index contributed by atoms with van der Waals surface area (Å²) in [6, 6.07) is 5.95. The molecule has 0 aliphatic rings. The number of furan rings is 1. The molecule has 2 rings (SSSR count). The van der Waals surface area contributed by atoms with E-state index in [0.717, 1.165) is 17.2 Å². The van der Waals surface area contributed by atoms with Crippen LogP contribution in [0.5, 0.6) is 0 Å². The molecule has 0 fully saturated rings. The maximum absolute atomic E-state index is 12.0. The number of anilines is 1. The van der Waals surface area contributed by atoms with Crippen LogP contribution in [0, 0.1) is 24.0 Å². The van der Waals surface area contributed by atoms with Crippen molar-refractivity contribution in [1.29, 1.82) is 0 Å². The summed E-state index contributed by atoms with van der Waals surface area (Å²) in [6.45, 7) is 3.69. The van der Waals surface area contributed by atoms with Gasteiger partial charge in [0.2, 0.25) is 0 Å². The molecule has 0 radical (unpaired) electrons. The van der Waals surface area contributed by atoms with Crippen molar-refractivity contribution < 1.29 is 14.1 Å². The highest BCUT2D eigenvalue weighted by Crippen LogP contribution is 2.28. The van der Waals surface area contributed by atoms with Gasteiger partial charge in [0, 0.05) is 0 Å². The molecule has 1 heterocycles. The molecule has 0 aliphatic carbocycles. The summed E-state index contributed by atoms with van der Waals surface area (Å²) in [5.74, 6) is -1.22. The van der Waals surface area contributed by atoms with Crippen molar-refractivity contribution in [2.45, 2.75) is 13.8 Å². The van der Waals surface area contributed by atoms with Crippen LogP contribution in [0.4, 0.5) is 11.6 Å². The molecule has 1 amide bonds. The number of hydrogen-bond donors (Lipinski definition) is 1. The van der Waals surface area contributed by atoms with Crippen LogP contribution in [0.2, 0.25) is 5.02 Å². The number of amides is 1. The van der Waals surface area contributed by atoms with Crippen molar-refractivity contribution in [2.24, 2.45) is 0 Å². The largest absolute Gasteiger partial charge is 0.433 e. The molecule has 1 aromatic heterocycles. The lowest BCUT2D eigenvalue weighted by Crippen LogP contribution is -2.12. The van der Waals surface area contributed by atoms with Crippen LogP contribution in [0.15, 0.2) is 28.7 Å². The summed E-state index contributed by atoms with van der Waals surface area (Å²) in [7, 11) is 0. The minimum absolute atomic E-state index is 0.146. The average molecular weight is 295 g/mol. The fraction of sp³-hybridized carbons (Fsp3) is 0.154. The molecule has 0 saturated carbocycles. The van der Waals surface area contributed by atoms with Gasteiger partial charge in [-0.25, -0.2) is 0 Å². The predicted octanol–water partition coefficient (Wildman–Crippen LogP) is 3.71. The number of halogens is 1. The van der Waals surface area contributed by atoms with E-state index in [4.69, 9.17) is 16.0 Å². The Hall–Kier alpha value is -2.34. The average Bonchev–Trinajstić information content (AvgIpc) is 2.83. The summed E-state index contributed by atoms with van der Waals surface area (Å²) in [6.07, 6.45) is 0. The first-order chi connectivity index (χ1) is 9.38. The van der Waals surface area contributed by atoms with Crippen LogP contribution in [0.1, 0.15) is 21.7 Å². The van der Waals surface area contributed by atoms with E-state index >= 15 is 0 Å². The van der Waals surface area contributed by atoms with Crippen molar-refractivity contribution in [1.82, 2.24) is 0 Å². The third-order valence-corrected chi connectivity index (χ3v) is 2.96. The SMILES string of the molecule is Cc1cc(C)c(NC(=O)c2ccc([N+](=O)[O-])o2)c(Cl)c1. The minimum Gasteiger partial charge on any atom is -0.395 e. The monoisotopic (exact) mass is 294 g/mol. The van der Waals surface area contributed by atoms with Gasteiger partial charge in [-0.2, -0.15) is 0 Å². The van der Waals surface area contributed by atoms with Gasteiger partial charge in [-0.3, -0.25) is 14.9 Å². The van der Waals surface area contributed by atoms with Gasteiger partial charge >= 0.3 is 5.88 Å². The molecule has 0 spiro atoms. The molecule has 104 valence electrons. The van der Waals surface area contributed by atoms with Gasteiger partial charge in [-0.05, 0) is 37.1 Å². The number of nitrogens with one attached hydrogen (secondary N) is 1. The first-order valence-electron chi connectivity index (χ1n) is 5.71. The fourth-order valence-corrected chi connectivity index (χ4v) is 2.17. The van der Waals surface area contributed by atoms with E-state index < -0.39 is 16.7 Å². The normalized spacial score (nSPS) is 10.3. The van der Waals surface area contributed by atoms with Crippen LogP contribution in [-0.2, 0) is 0 Å². The Morgan fingerprint density at radius 2 is 2.05 bits per heavy atom. The summed E-state index contributed by atoms with van der Waals surface area (Å²) in [5.41, 5.74) is 2.23. The molecule has 7 heteroatoms. The molecule has 0 atom stereocenters. The second-order valence-electron chi connectivity index (χ2n) is 4.29. The van der Waals surface area contributed by atoms with E-state index in [9.17, 15) is 14.9 Å². The number of hydrogen-bond acceptors (Lipinski definition) is 4. The van der Waals surface area contributed by atoms with Crippen molar-refractivity contribution >= 4 is 29.1 Å². The van der Waals surface area contributed by atoms with Gasteiger partial charge in [0.15, 0.2) is 5.76 Å². The second-order valence-corrected chi connectivity index (χ2v) is 4.69. The standard InChI is InChI=1S/C13H11ClN2O4/c1-7-5-8(2)12(9(14)6-7)15-13(17)10-3-4-11(20-10)16(18)19/h3-6H,1-2H3,(H,15,17). The molecule has 2 aromatic rings. The lowest BCUT2D eigenvalue weighted by Gasteiger charge is -2.10. The van der Waals surface area contributed by atoms with Crippen molar-refractivity contribution in [3.8, 4) is 0 Å². The van der Waals surface area contributed by atoms with E-state index in [2.05, 4.69) is 5.32 Å². The number of carbonyl (C=O) groups is 1. The molecule has 6 nitrogen and oxygen atoms in total. The van der Waals surface area contributed by atoms with Crippen LogP contribution in [0.25, 0.3) is 0 Å². The van der Waals surface area contributed by atoms with E-state index in [0.29, 0.717) is 10.7 Å². The van der Waals surface area contributed by atoms with Crippen LogP contribution in [0.3, 0.4) is 0 Å². The topological polar surface area (TPSA) is 85.4 Å². The first kappa shape index (κ1) is 14.1. The highest BCUT2D eigenvalue weighted by molar-refractivity contribution is 6.34. The van der Waals surface area contributed by atoms with Crippen molar-refractivity contribution in [3.05, 3.63) is 56.3 Å². The van der Waals surface area contributed by atoms with Gasteiger partial charge in [0.25, 0.3) is 5.91 Å². The predicted molar refractivity (Wildman–Crippen MR) is 74.2 cm³/mol. The fourth-order valence-electron chi connectivity index (χ4n) is 1.80. The number of benzene rings is 1. The van der Waals surface area contributed by atoms with Gasteiger partial charge in [0.1, 0.15) is 4.92 Å². The Kier molecular flexibility index (Phi) is 3.76. The Morgan fingerprint density at radius 1 is 1.35 bits per heavy atom. The maximum atomic E-state index is 12.0. The summed E-state index contributed by atoms with van der Waals surface area (Å²) >= 11 is 6.07. The second kappa shape index (κ2) is 5.34. The van der Waals surface area contributed by atoms with Gasteiger partial charge < -0.3 is 9.73 Å². The van der Waals surface area contributed by atoms with Crippen LogP contribution < -0.4 is 5.32 Å². The molecule has 0 bridgehead atoms. The Balaban J connectivity index is 2.25. The van der Waals surface area contributed by atoms with Crippen molar-refractivity contribution in [2.75, 3.05) is 5.32 Å². The van der Waals surface area contributed by atoms with E-state index in [1.807, 2.05) is 13.0 Å². The maximum Gasteiger partial charge on any atom is 0.433 e. The first-order valence-corrected chi connectivity index (χ1v) is 6.08. The van der Waals surface area contributed by atoms with E-state index in [-0.39, 0.29) is 5.76 Å². The third kappa shape index (κ3) is 2.80. The number of nitro groups is 1. The summed E-state index contributed by atoms with van der Waals surface area (Å²) < 4.78 is 4.83. The Morgan fingerprint density at radius 3 is 2.60 bits per heavy atom. The zero-order chi connectivity index (χ0) is 14.9. The molecular formula is C13H11ClN2O4. The number of aryl methyl sites for hydroxylation is 2. The number of rotatable bonds is 3. The smallest absolute Gasteiger partial charge is 0.395 e. The van der Waals surface area contributed by atoms with Gasteiger partial charge in [-0.15, -0.1) is 0 Å². The molecule has 1 N–H and O–H groups in total. The number of nitrogens with zero attached hydrogens (tertiary/aromatic N) is 1. The molecule has 1 aromatic carbocycles. The Bertz CT molecular complexity index is 670. The van der Waals surface area contributed by atoms with E-state index in [1.54, 1.807) is 13.0 Å². The highest BCUT2D eigenvalue weighted by Gasteiger charge is 2.18. The minimum atomic E-state index is -0.707. The lowest BCUT2D eigenvalue weighted by atomic mass is 10.1. The quantitative estimate of drug-likeness (QED) is 0.690. The van der Waals surface area contributed by atoms with Crippen LogP contribution >= 0.6 is 11.6 Å². The molecule has 20 heavy (non-hydrogen) atoms. The van der Waals surface area contributed by atoms with Gasteiger partial charge in [0.05, 0.1) is 16.8 Å². The molecule has 0 aliphatic heterocycles. The number of carbonyl (C=O) groups excluding carboxylic acids is 1. The zero-order valence-corrected chi connectivity index (χ0v) is 11.5. The van der Waals surface area contributed by atoms with Gasteiger partial charge in [-0.1, -0.05) is 17.7 Å². The lowest BCUT2D eigenvalue weighted by molar-refractivity contribution is -0.402. The third-order valence-electron chi connectivity index (χ3n) is 2.67. The Labute approximate surface area is 119 Å². The molecule has 0 saturated heterocycles. The van der Waals surface area contributed by atoms with E-state index in [1.165, 1.54) is 6.07 Å². The summed E-state index contributed by atoms with van der Waals surface area (Å²) in [4.78, 5) is 21.7.